The Morgan fingerprint density at radius 2 is 0.507 bits per heavy atom. The highest BCUT2D eigenvalue weighted by molar-refractivity contribution is 5.71. The lowest BCUT2D eigenvalue weighted by Gasteiger charge is -2.18. The average molecular weight is 994 g/mol. The summed E-state index contributed by atoms with van der Waals surface area (Å²) in [6.07, 6.45) is 75.0. The number of rotatable bonds is 56. The first kappa shape index (κ1) is 68.1. The van der Waals surface area contributed by atoms with Gasteiger partial charge in [-0.3, -0.25) is 14.4 Å². The van der Waals surface area contributed by atoms with Crippen LogP contribution in [0.25, 0.3) is 0 Å². The first-order valence-corrected chi connectivity index (χ1v) is 30.8. The van der Waals surface area contributed by atoms with Crippen LogP contribution in [0.5, 0.6) is 0 Å². The maximum atomic E-state index is 12.9. The molecule has 1 atom stereocenters. The van der Waals surface area contributed by atoms with Crippen molar-refractivity contribution in [3.63, 3.8) is 0 Å². The van der Waals surface area contributed by atoms with Gasteiger partial charge in [0.05, 0.1) is 0 Å². The first-order chi connectivity index (χ1) is 35.0. The Morgan fingerprint density at radius 3 is 0.859 bits per heavy atom. The summed E-state index contributed by atoms with van der Waals surface area (Å²) < 4.78 is 16.9. The highest BCUT2D eigenvalue weighted by Crippen LogP contribution is 2.17. The van der Waals surface area contributed by atoms with E-state index >= 15 is 0 Å². The fourth-order valence-electron chi connectivity index (χ4n) is 8.83. The van der Waals surface area contributed by atoms with Gasteiger partial charge in [-0.05, 0) is 89.9 Å². The smallest absolute Gasteiger partial charge is 0.306 e. The monoisotopic (exact) mass is 993 g/mol. The van der Waals surface area contributed by atoms with Gasteiger partial charge in [0.1, 0.15) is 13.2 Å². The zero-order valence-corrected chi connectivity index (χ0v) is 47.2. The van der Waals surface area contributed by atoms with Crippen LogP contribution in [0.3, 0.4) is 0 Å². The third-order valence-corrected chi connectivity index (χ3v) is 13.5. The molecule has 0 bridgehead atoms. The molecule has 0 saturated heterocycles. The normalized spacial score (nSPS) is 12.4. The highest BCUT2D eigenvalue weighted by Gasteiger charge is 2.19. The molecule has 0 aliphatic rings. The fraction of sp³-hybridized carbons (Fsp3) is 0.800. The van der Waals surface area contributed by atoms with Crippen molar-refractivity contribution in [2.24, 2.45) is 0 Å². The molecular formula is C65H116O6. The quantitative estimate of drug-likeness (QED) is 0.0261. The minimum absolute atomic E-state index is 0.0832. The SMILES string of the molecule is CCCCC/C=C\C/C=C\C/C=C\C/C=C\CCCCCC(=O)OC[C@H](COC(=O)CCCCCCCCCCCCCCCCCCCCC)OC(=O)CCCCCCCCC/C=C\CCCCCC. The summed E-state index contributed by atoms with van der Waals surface area (Å²) in [5, 5.41) is 0. The van der Waals surface area contributed by atoms with Crippen LogP contribution in [-0.4, -0.2) is 37.2 Å². The molecule has 0 aliphatic heterocycles. The van der Waals surface area contributed by atoms with Crippen molar-refractivity contribution < 1.29 is 28.6 Å². The van der Waals surface area contributed by atoms with E-state index in [1.165, 1.54) is 193 Å². The molecule has 0 saturated carbocycles. The molecule has 0 N–H and O–H groups in total. The Balaban J connectivity index is 4.39. The fourth-order valence-corrected chi connectivity index (χ4v) is 8.83. The number of carbonyl (C=O) groups is 3. The van der Waals surface area contributed by atoms with Gasteiger partial charge in [-0.2, -0.15) is 0 Å². The second-order valence-corrected chi connectivity index (χ2v) is 20.6. The molecule has 0 heterocycles. The van der Waals surface area contributed by atoms with Crippen LogP contribution in [0.2, 0.25) is 0 Å². The summed E-state index contributed by atoms with van der Waals surface area (Å²) in [4.78, 5) is 38.2. The molecule has 0 fully saturated rings. The van der Waals surface area contributed by atoms with Crippen LogP contribution < -0.4 is 0 Å². The molecule has 71 heavy (non-hydrogen) atoms. The number of allylic oxidation sites excluding steroid dienone is 10. The lowest BCUT2D eigenvalue weighted by Crippen LogP contribution is -2.30. The van der Waals surface area contributed by atoms with Gasteiger partial charge in [0.15, 0.2) is 6.10 Å². The van der Waals surface area contributed by atoms with E-state index in [2.05, 4.69) is 81.5 Å². The second-order valence-electron chi connectivity index (χ2n) is 20.6. The summed E-state index contributed by atoms with van der Waals surface area (Å²) in [7, 11) is 0. The van der Waals surface area contributed by atoms with E-state index in [9.17, 15) is 14.4 Å². The van der Waals surface area contributed by atoms with E-state index in [-0.39, 0.29) is 31.1 Å². The van der Waals surface area contributed by atoms with Crippen molar-refractivity contribution in [2.75, 3.05) is 13.2 Å². The Bertz CT molecular complexity index is 1280. The number of esters is 3. The molecule has 0 unspecified atom stereocenters. The first-order valence-electron chi connectivity index (χ1n) is 30.8. The van der Waals surface area contributed by atoms with Crippen molar-refractivity contribution in [3.8, 4) is 0 Å². The number of hydrogen-bond acceptors (Lipinski definition) is 6. The molecule has 0 aromatic rings. The number of unbranched alkanes of at least 4 members (excludes halogenated alkanes) is 35. The predicted molar refractivity (Wildman–Crippen MR) is 307 cm³/mol. The van der Waals surface area contributed by atoms with Crippen molar-refractivity contribution in [2.45, 2.75) is 322 Å². The molecule has 6 nitrogen and oxygen atoms in total. The van der Waals surface area contributed by atoms with E-state index in [1.807, 2.05) is 0 Å². The Morgan fingerprint density at radius 1 is 0.282 bits per heavy atom. The average Bonchev–Trinajstić information content (AvgIpc) is 3.37. The van der Waals surface area contributed by atoms with E-state index in [0.717, 1.165) is 83.5 Å². The Hall–Kier alpha value is -2.89. The van der Waals surface area contributed by atoms with E-state index in [1.54, 1.807) is 0 Å². The van der Waals surface area contributed by atoms with E-state index < -0.39 is 6.10 Å². The van der Waals surface area contributed by atoms with Gasteiger partial charge in [0.2, 0.25) is 0 Å². The van der Waals surface area contributed by atoms with E-state index in [0.29, 0.717) is 19.3 Å². The molecule has 0 spiro atoms. The van der Waals surface area contributed by atoms with Gasteiger partial charge in [-0.15, -0.1) is 0 Å². The molecular weight excluding hydrogens is 877 g/mol. The minimum Gasteiger partial charge on any atom is -0.462 e. The lowest BCUT2D eigenvalue weighted by molar-refractivity contribution is -0.167. The van der Waals surface area contributed by atoms with Crippen molar-refractivity contribution in [3.05, 3.63) is 60.8 Å². The maximum absolute atomic E-state index is 12.9. The molecule has 0 aliphatic carbocycles. The van der Waals surface area contributed by atoms with Crippen LogP contribution in [0.4, 0.5) is 0 Å². The van der Waals surface area contributed by atoms with Crippen LogP contribution in [-0.2, 0) is 28.6 Å². The van der Waals surface area contributed by atoms with Gasteiger partial charge in [-0.1, -0.05) is 268 Å². The van der Waals surface area contributed by atoms with Crippen LogP contribution in [0.15, 0.2) is 60.8 Å². The lowest BCUT2D eigenvalue weighted by atomic mass is 10.0. The van der Waals surface area contributed by atoms with Gasteiger partial charge in [-0.25, -0.2) is 0 Å². The Kier molecular flexibility index (Phi) is 57.2. The third-order valence-electron chi connectivity index (χ3n) is 13.5. The van der Waals surface area contributed by atoms with Crippen LogP contribution in [0.1, 0.15) is 316 Å². The maximum Gasteiger partial charge on any atom is 0.306 e. The van der Waals surface area contributed by atoms with Gasteiger partial charge in [0, 0.05) is 19.3 Å². The zero-order chi connectivity index (χ0) is 51.4. The number of hydrogen-bond donors (Lipinski definition) is 0. The molecule has 0 aromatic heterocycles. The molecule has 0 radical (unpaired) electrons. The second kappa shape index (κ2) is 59.7. The van der Waals surface area contributed by atoms with Gasteiger partial charge in [0.25, 0.3) is 0 Å². The summed E-state index contributed by atoms with van der Waals surface area (Å²) in [5.41, 5.74) is 0. The predicted octanol–water partition coefficient (Wildman–Crippen LogP) is 20.8. The minimum atomic E-state index is -0.789. The molecule has 6 heteroatoms. The molecule has 412 valence electrons. The third kappa shape index (κ3) is 57.9. The van der Waals surface area contributed by atoms with Crippen molar-refractivity contribution in [1.82, 2.24) is 0 Å². The van der Waals surface area contributed by atoms with Gasteiger partial charge >= 0.3 is 17.9 Å². The summed E-state index contributed by atoms with van der Waals surface area (Å²) in [5.74, 6) is -0.904. The zero-order valence-electron chi connectivity index (χ0n) is 47.2. The summed E-state index contributed by atoms with van der Waals surface area (Å²) in [6.45, 7) is 6.61. The van der Waals surface area contributed by atoms with Crippen LogP contribution in [0, 0.1) is 0 Å². The molecule has 0 rings (SSSR count). The standard InChI is InChI=1S/C65H116O6/c1-4-7-10-13-16-19-22-25-28-30-32-34-37-39-42-45-48-51-54-57-63(66)69-60-62(71-65(68)59-56-53-50-47-44-41-36-27-24-21-18-15-12-9-6-3)61-70-64(67)58-55-52-49-46-43-40-38-35-33-31-29-26-23-20-17-14-11-8-5-2/h16,19,21,24-25,28,32,34,39,42,62H,4-15,17-18,20,22-23,26-27,29-31,33,35-38,40-41,43-61H2,1-3H3/b19-16-,24-21-,28-25-,34-32-,42-39-/t62-/m1/s1. The number of ether oxygens (including phenoxy) is 3. The van der Waals surface area contributed by atoms with Crippen LogP contribution >= 0.6 is 0 Å². The summed E-state index contributed by atoms with van der Waals surface area (Å²) in [6, 6.07) is 0. The molecule has 0 amide bonds. The Labute approximate surface area is 440 Å². The topological polar surface area (TPSA) is 78.9 Å². The largest absolute Gasteiger partial charge is 0.462 e. The number of carbonyl (C=O) groups excluding carboxylic acids is 3. The van der Waals surface area contributed by atoms with Crippen molar-refractivity contribution >= 4 is 17.9 Å². The summed E-state index contributed by atoms with van der Waals surface area (Å²) >= 11 is 0. The van der Waals surface area contributed by atoms with Gasteiger partial charge < -0.3 is 14.2 Å². The highest BCUT2D eigenvalue weighted by atomic mass is 16.6. The van der Waals surface area contributed by atoms with Crippen molar-refractivity contribution in [1.29, 1.82) is 0 Å². The molecule has 0 aromatic carbocycles. The van der Waals surface area contributed by atoms with E-state index in [4.69, 9.17) is 14.2 Å².